The van der Waals surface area contributed by atoms with Crippen molar-refractivity contribution in [3.63, 3.8) is 0 Å². The molecule has 2 aromatic carbocycles. The monoisotopic (exact) mass is 456 g/mol. The summed E-state index contributed by atoms with van der Waals surface area (Å²) in [5.41, 5.74) is 1.24. The molecule has 2 aromatic rings. The van der Waals surface area contributed by atoms with Crippen molar-refractivity contribution in [2.75, 3.05) is 51.1 Å². The van der Waals surface area contributed by atoms with Gasteiger partial charge in [0.1, 0.15) is 0 Å². The van der Waals surface area contributed by atoms with Gasteiger partial charge >= 0.3 is 0 Å². The first-order valence-corrected chi connectivity index (χ1v) is 12.3. The fourth-order valence-corrected chi connectivity index (χ4v) is 5.58. The van der Waals surface area contributed by atoms with Gasteiger partial charge in [0.15, 0.2) is 0 Å². The molecule has 0 radical (unpaired) electrons. The maximum Gasteiger partial charge on any atom is 0.253 e. The first-order valence-electron chi connectivity index (χ1n) is 10.9. The Balaban J connectivity index is 1.26. The number of hydrogen-bond acceptors (Lipinski definition) is 5. The van der Waals surface area contributed by atoms with Crippen molar-refractivity contribution in [1.82, 2.24) is 14.1 Å². The number of piperazine rings is 1. The minimum absolute atomic E-state index is 0.0127. The van der Waals surface area contributed by atoms with Crippen LogP contribution in [0.4, 0.5) is 5.69 Å². The van der Waals surface area contributed by atoms with Crippen LogP contribution in [0.25, 0.3) is 0 Å². The Labute approximate surface area is 188 Å². The zero-order valence-electron chi connectivity index (χ0n) is 17.9. The van der Waals surface area contributed by atoms with Crippen LogP contribution in [0.15, 0.2) is 59.5 Å². The quantitative estimate of drug-likeness (QED) is 0.717. The largest absolute Gasteiger partial charge is 0.336 e. The fraction of sp³-hybridized carbons (Fsp3) is 0.391. The minimum Gasteiger partial charge on any atom is -0.336 e. The van der Waals surface area contributed by atoms with Crippen molar-refractivity contribution in [2.45, 2.75) is 17.7 Å². The second-order valence-corrected chi connectivity index (χ2v) is 10.1. The number of sulfonamides is 1. The summed E-state index contributed by atoms with van der Waals surface area (Å²) in [6, 6.07) is 15.5. The Bertz CT molecular complexity index is 1040. The average Bonchev–Trinajstić information content (AvgIpc) is 3.36. The smallest absolute Gasteiger partial charge is 0.253 e. The lowest BCUT2D eigenvalue weighted by molar-refractivity contribution is -0.117. The molecule has 0 saturated carbocycles. The van der Waals surface area contributed by atoms with Crippen molar-refractivity contribution in [3.05, 3.63) is 60.2 Å². The number of nitrogens with one attached hydrogen (secondary N) is 1. The van der Waals surface area contributed by atoms with Crippen molar-refractivity contribution in [3.8, 4) is 0 Å². The van der Waals surface area contributed by atoms with E-state index in [9.17, 15) is 18.0 Å². The Morgan fingerprint density at radius 2 is 1.44 bits per heavy atom. The number of carbonyl (C=O) groups is 2. The topological polar surface area (TPSA) is 90.0 Å². The number of nitrogens with zero attached hydrogens (tertiary/aromatic N) is 3. The van der Waals surface area contributed by atoms with Crippen molar-refractivity contribution in [2.24, 2.45) is 0 Å². The highest BCUT2D eigenvalue weighted by molar-refractivity contribution is 7.89. The van der Waals surface area contributed by atoms with Gasteiger partial charge in [-0.25, -0.2) is 8.42 Å². The highest BCUT2D eigenvalue weighted by atomic mass is 32.2. The summed E-state index contributed by atoms with van der Waals surface area (Å²) in [5.74, 6) is -0.151. The van der Waals surface area contributed by atoms with Gasteiger partial charge in [0, 0.05) is 50.5 Å². The first-order chi connectivity index (χ1) is 15.4. The highest BCUT2D eigenvalue weighted by Crippen LogP contribution is 2.22. The van der Waals surface area contributed by atoms with E-state index in [0.29, 0.717) is 50.5 Å². The molecular formula is C23H28N4O4S. The lowest BCUT2D eigenvalue weighted by Crippen LogP contribution is -2.50. The first kappa shape index (κ1) is 22.4. The van der Waals surface area contributed by atoms with E-state index in [1.807, 2.05) is 40.1 Å². The minimum atomic E-state index is -3.46. The van der Waals surface area contributed by atoms with Gasteiger partial charge in [0.25, 0.3) is 5.91 Å². The van der Waals surface area contributed by atoms with Crippen LogP contribution in [-0.4, -0.2) is 80.2 Å². The van der Waals surface area contributed by atoms with Crippen LogP contribution in [-0.2, 0) is 14.8 Å². The summed E-state index contributed by atoms with van der Waals surface area (Å²) in [7, 11) is -3.46. The summed E-state index contributed by atoms with van der Waals surface area (Å²) in [5, 5.41) is 2.83. The molecule has 1 N–H and O–H groups in total. The zero-order chi connectivity index (χ0) is 22.6. The highest BCUT2D eigenvalue weighted by Gasteiger charge is 2.27. The van der Waals surface area contributed by atoms with E-state index in [2.05, 4.69) is 5.32 Å². The molecule has 0 aromatic heterocycles. The molecule has 2 amide bonds. The molecule has 0 atom stereocenters. The second-order valence-electron chi connectivity index (χ2n) is 8.12. The van der Waals surface area contributed by atoms with Gasteiger partial charge in [0.2, 0.25) is 15.9 Å². The molecule has 0 bridgehead atoms. The Morgan fingerprint density at radius 3 is 2.06 bits per heavy atom. The van der Waals surface area contributed by atoms with Gasteiger partial charge in [-0.3, -0.25) is 14.5 Å². The van der Waals surface area contributed by atoms with E-state index in [0.717, 1.165) is 12.8 Å². The summed E-state index contributed by atoms with van der Waals surface area (Å²) >= 11 is 0. The second kappa shape index (κ2) is 9.81. The van der Waals surface area contributed by atoms with Gasteiger partial charge in [-0.15, -0.1) is 0 Å². The summed E-state index contributed by atoms with van der Waals surface area (Å²) in [6.07, 6.45) is 1.78. The van der Waals surface area contributed by atoms with Crippen LogP contribution in [0.2, 0.25) is 0 Å². The van der Waals surface area contributed by atoms with Crippen LogP contribution in [0.5, 0.6) is 0 Å². The summed E-state index contributed by atoms with van der Waals surface area (Å²) in [6.45, 7) is 3.74. The molecular weight excluding hydrogens is 428 g/mol. The molecule has 2 saturated heterocycles. The normalized spacial score (nSPS) is 17.9. The summed E-state index contributed by atoms with van der Waals surface area (Å²) in [4.78, 5) is 29.0. The number of amides is 2. The van der Waals surface area contributed by atoms with Crippen molar-refractivity contribution in [1.29, 1.82) is 0 Å². The maximum atomic E-state index is 12.6. The van der Waals surface area contributed by atoms with Gasteiger partial charge in [-0.1, -0.05) is 18.2 Å². The van der Waals surface area contributed by atoms with E-state index < -0.39 is 10.0 Å². The molecule has 0 unspecified atom stereocenters. The predicted octanol–water partition coefficient (Wildman–Crippen LogP) is 1.87. The Kier molecular flexibility index (Phi) is 6.88. The molecule has 8 nitrogen and oxygen atoms in total. The van der Waals surface area contributed by atoms with Crippen LogP contribution in [0, 0.1) is 0 Å². The molecule has 2 heterocycles. The third-order valence-electron chi connectivity index (χ3n) is 5.89. The van der Waals surface area contributed by atoms with Crippen molar-refractivity contribution < 1.29 is 18.0 Å². The fourth-order valence-electron chi connectivity index (χ4n) is 4.06. The predicted molar refractivity (Wildman–Crippen MR) is 122 cm³/mol. The Hall–Kier alpha value is -2.75. The third kappa shape index (κ3) is 5.17. The third-order valence-corrected chi connectivity index (χ3v) is 7.80. The molecule has 2 fully saturated rings. The van der Waals surface area contributed by atoms with E-state index in [1.54, 1.807) is 12.1 Å². The molecule has 2 aliphatic heterocycles. The number of benzene rings is 2. The van der Waals surface area contributed by atoms with Crippen LogP contribution < -0.4 is 5.32 Å². The van der Waals surface area contributed by atoms with Gasteiger partial charge in [-0.2, -0.15) is 4.31 Å². The maximum absolute atomic E-state index is 12.6. The molecule has 32 heavy (non-hydrogen) atoms. The average molecular weight is 457 g/mol. The standard InChI is InChI=1S/C23H28N4O4S/c28-22(18-25-14-16-26(17-15-25)23(29)19-6-2-1-3-7-19)24-20-8-10-21(11-9-20)32(30,31)27-12-4-5-13-27/h1-3,6-11H,4-5,12-18H2,(H,24,28). The molecule has 9 heteroatoms. The number of rotatable bonds is 6. The number of hydrogen-bond donors (Lipinski definition) is 1. The van der Waals surface area contributed by atoms with Gasteiger partial charge in [0.05, 0.1) is 11.4 Å². The molecule has 0 aliphatic carbocycles. The van der Waals surface area contributed by atoms with E-state index in [-0.39, 0.29) is 23.3 Å². The zero-order valence-corrected chi connectivity index (χ0v) is 18.8. The van der Waals surface area contributed by atoms with E-state index in [1.165, 1.54) is 16.4 Å². The van der Waals surface area contributed by atoms with Crippen LogP contribution in [0.3, 0.4) is 0 Å². The van der Waals surface area contributed by atoms with E-state index in [4.69, 9.17) is 0 Å². The Morgan fingerprint density at radius 1 is 0.812 bits per heavy atom. The molecule has 0 spiro atoms. The van der Waals surface area contributed by atoms with Gasteiger partial charge < -0.3 is 10.2 Å². The number of anilines is 1. The van der Waals surface area contributed by atoms with Gasteiger partial charge in [-0.05, 0) is 49.2 Å². The molecule has 4 rings (SSSR count). The van der Waals surface area contributed by atoms with Crippen LogP contribution >= 0.6 is 0 Å². The van der Waals surface area contributed by atoms with Crippen molar-refractivity contribution >= 4 is 27.5 Å². The SMILES string of the molecule is O=C(CN1CCN(C(=O)c2ccccc2)CC1)Nc1ccc(S(=O)(=O)N2CCCC2)cc1. The van der Waals surface area contributed by atoms with Crippen LogP contribution in [0.1, 0.15) is 23.2 Å². The lowest BCUT2D eigenvalue weighted by atomic mass is 10.2. The molecule has 2 aliphatic rings. The molecule has 170 valence electrons. The summed E-state index contributed by atoms with van der Waals surface area (Å²) < 4.78 is 26.7. The van der Waals surface area contributed by atoms with E-state index >= 15 is 0 Å². The lowest BCUT2D eigenvalue weighted by Gasteiger charge is -2.34. The number of carbonyl (C=O) groups excluding carboxylic acids is 2.